The number of rotatable bonds is 14. The van der Waals surface area contributed by atoms with Gasteiger partial charge in [0.1, 0.15) is 0 Å². The van der Waals surface area contributed by atoms with Crippen molar-refractivity contribution in [2.45, 2.75) is 98.3 Å². The lowest BCUT2D eigenvalue weighted by Crippen LogP contribution is -2.58. The molecule has 1 saturated heterocycles. The van der Waals surface area contributed by atoms with Crippen molar-refractivity contribution < 1.29 is 24.0 Å². The molecule has 1 aromatic carbocycles. The van der Waals surface area contributed by atoms with Gasteiger partial charge in [-0.25, -0.2) is 4.79 Å². The molecule has 2 fully saturated rings. The summed E-state index contributed by atoms with van der Waals surface area (Å²) in [6.45, 7) is 15.2. The summed E-state index contributed by atoms with van der Waals surface area (Å²) in [5.74, 6) is -1.50. The predicted molar refractivity (Wildman–Crippen MR) is 166 cm³/mol. The number of likely N-dealkylation sites (tertiary alicyclic amines) is 1. The number of primary amides is 1. The Labute approximate surface area is 256 Å². The van der Waals surface area contributed by atoms with Gasteiger partial charge in [-0.2, -0.15) is 0 Å². The first-order valence-corrected chi connectivity index (χ1v) is 15.6. The molecule has 1 saturated carbocycles. The fourth-order valence-corrected chi connectivity index (χ4v) is 5.68. The zero-order valence-corrected chi connectivity index (χ0v) is 26.8. The number of urea groups is 1. The van der Waals surface area contributed by atoms with Gasteiger partial charge < -0.3 is 21.7 Å². The quantitative estimate of drug-likeness (QED) is 0.191. The van der Waals surface area contributed by atoms with E-state index in [1.165, 1.54) is 0 Å². The number of ketones is 2. The fourth-order valence-electron chi connectivity index (χ4n) is 5.68. The van der Waals surface area contributed by atoms with Crippen LogP contribution in [0.5, 0.6) is 0 Å². The van der Waals surface area contributed by atoms with Crippen molar-refractivity contribution in [3.05, 3.63) is 35.9 Å². The maximum atomic E-state index is 13.7. The number of hydrogen-bond acceptors (Lipinski definition) is 6. The Kier molecular flexibility index (Phi) is 11.5. The summed E-state index contributed by atoms with van der Waals surface area (Å²) in [6.07, 6.45) is 2.96. The average molecular weight is 598 g/mol. The van der Waals surface area contributed by atoms with Gasteiger partial charge in [0, 0.05) is 24.7 Å². The zero-order chi connectivity index (χ0) is 32.1. The molecule has 2 aliphatic rings. The van der Waals surface area contributed by atoms with Crippen LogP contribution in [0.15, 0.2) is 30.3 Å². The Bertz CT molecular complexity index is 1160. The van der Waals surface area contributed by atoms with Crippen LogP contribution in [0.2, 0.25) is 0 Å². The molecular weight excluding hydrogens is 546 g/mol. The van der Waals surface area contributed by atoms with Gasteiger partial charge in [-0.3, -0.25) is 24.1 Å². The van der Waals surface area contributed by atoms with Crippen molar-refractivity contribution in [2.75, 3.05) is 13.1 Å². The third-order valence-corrected chi connectivity index (χ3v) is 8.88. The van der Waals surface area contributed by atoms with Crippen LogP contribution in [0.4, 0.5) is 4.79 Å². The molecule has 0 radical (unpaired) electrons. The van der Waals surface area contributed by atoms with E-state index in [4.69, 9.17) is 5.73 Å². The summed E-state index contributed by atoms with van der Waals surface area (Å²) in [5, 5.41) is 8.85. The topological polar surface area (TPSA) is 151 Å². The van der Waals surface area contributed by atoms with Gasteiger partial charge in [0.05, 0.1) is 18.1 Å². The number of nitrogens with two attached hydrogens (primary N) is 1. The van der Waals surface area contributed by atoms with Gasteiger partial charge in [0.25, 0.3) is 5.91 Å². The first kappa shape index (κ1) is 34.2. The van der Waals surface area contributed by atoms with E-state index in [0.717, 1.165) is 12.8 Å². The Morgan fingerprint density at radius 1 is 0.953 bits per heavy atom. The van der Waals surface area contributed by atoms with Crippen LogP contribution < -0.4 is 21.7 Å². The third kappa shape index (κ3) is 9.61. The summed E-state index contributed by atoms with van der Waals surface area (Å²) >= 11 is 0. The second kappa shape index (κ2) is 14.5. The van der Waals surface area contributed by atoms with Gasteiger partial charge in [0.2, 0.25) is 11.7 Å². The van der Waals surface area contributed by atoms with E-state index in [-0.39, 0.29) is 35.0 Å². The summed E-state index contributed by atoms with van der Waals surface area (Å²) in [6, 6.07) is 5.97. The van der Waals surface area contributed by atoms with Gasteiger partial charge in [-0.1, -0.05) is 91.6 Å². The second-order valence-electron chi connectivity index (χ2n) is 14.2. The normalized spacial score (nSPS) is 21.2. The van der Waals surface area contributed by atoms with Crippen LogP contribution >= 0.6 is 0 Å². The third-order valence-electron chi connectivity index (χ3n) is 8.88. The van der Waals surface area contributed by atoms with E-state index in [1.54, 1.807) is 24.3 Å². The monoisotopic (exact) mass is 597 g/mol. The van der Waals surface area contributed by atoms with Gasteiger partial charge in [0.15, 0.2) is 5.78 Å². The van der Waals surface area contributed by atoms with Crippen LogP contribution in [0.3, 0.4) is 0 Å². The Balaban J connectivity index is 1.75. The summed E-state index contributed by atoms with van der Waals surface area (Å²) < 4.78 is 0. The lowest BCUT2D eigenvalue weighted by Gasteiger charge is -2.37. The molecule has 10 heteroatoms. The SMILES string of the molecule is CC(C)[C@@H]1C[C@@H](C(=O)NC(CC2CC2)C(=O)C(N)=O)N(C[C@@H](NC(=O)N[C@H](C(=O)c2ccccc2)C(C)C)C(C)(C)C)C1. The maximum Gasteiger partial charge on any atom is 0.315 e. The lowest BCUT2D eigenvalue weighted by molar-refractivity contribution is -0.139. The van der Waals surface area contributed by atoms with E-state index in [0.29, 0.717) is 43.3 Å². The number of Topliss-reactive ketones (excluding diaryl/α,β-unsaturated/α-hetero) is 2. The second-order valence-corrected chi connectivity index (χ2v) is 14.2. The minimum Gasteiger partial charge on any atom is -0.363 e. The van der Waals surface area contributed by atoms with Gasteiger partial charge in [-0.15, -0.1) is 0 Å². The average Bonchev–Trinajstić information content (AvgIpc) is 3.65. The van der Waals surface area contributed by atoms with Crippen molar-refractivity contribution in [2.24, 2.45) is 34.8 Å². The number of amides is 4. The molecule has 3 rings (SSSR count). The van der Waals surface area contributed by atoms with Gasteiger partial charge in [-0.05, 0) is 41.9 Å². The molecule has 10 nitrogen and oxygen atoms in total. The first-order valence-electron chi connectivity index (χ1n) is 15.6. The molecule has 1 aromatic rings. The van der Waals surface area contributed by atoms with E-state index in [1.807, 2.05) is 40.7 Å². The van der Waals surface area contributed by atoms with Crippen LogP contribution in [0.1, 0.15) is 84.5 Å². The summed E-state index contributed by atoms with van der Waals surface area (Å²) in [5.41, 5.74) is 5.46. The van der Waals surface area contributed by atoms with Crippen molar-refractivity contribution in [3.63, 3.8) is 0 Å². The molecule has 43 heavy (non-hydrogen) atoms. The summed E-state index contributed by atoms with van der Waals surface area (Å²) in [4.78, 5) is 66.5. The highest BCUT2D eigenvalue weighted by atomic mass is 16.2. The van der Waals surface area contributed by atoms with Crippen molar-refractivity contribution >= 4 is 29.4 Å². The van der Waals surface area contributed by atoms with Crippen molar-refractivity contribution in [1.82, 2.24) is 20.9 Å². The Morgan fingerprint density at radius 2 is 1.58 bits per heavy atom. The highest BCUT2D eigenvalue weighted by molar-refractivity contribution is 6.37. The van der Waals surface area contributed by atoms with E-state index in [9.17, 15) is 24.0 Å². The lowest BCUT2D eigenvalue weighted by atomic mass is 9.86. The largest absolute Gasteiger partial charge is 0.363 e. The molecule has 1 aliphatic heterocycles. The first-order chi connectivity index (χ1) is 20.1. The number of carbonyl (C=O) groups is 5. The Morgan fingerprint density at radius 3 is 2.09 bits per heavy atom. The highest BCUT2D eigenvalue weighted by Gasteiger charge is 2.42. The van der Waals surface area contributed by atoms with Gasteiger partial charge >= 0.3 is 6.03 Å². The smallest absolute Gasteiger partial charge is 0.315 e. The van der Waals surface area contributed by atoms with Crippen LogP contribution in [-0.2, 0) is 14.4 Å². The molecule has 5 N–H and O–H groups in total. The van der Waals surface area contributed by atoms with E-state index >= 15 is 0 Å². The molecule has 1 aliphatic carbocycles. The standard InChI is InChI=1S/C33H51N5O5/c1-19(2)23-16-25(31(42)35-24(15-21-13-14-21)29(40)30(34)41)38(17-23)18-26(33(5,6)7)36-32(43)37-27(20(3)4)28(39)22-11-9-8-10-12-22/h8-12,19-21,23-27H,13-18H2,1-7H3,(H2,34,41)(H,35,42)(H2,36,37,43)/t23-,24?,25+,26-,27+/m1/s1. The molecule has 0 spiro atoms. The molecule has 0 bridgehead atoms. The number of benzene rings is 1. The number of hydrogen-bond donors (Lipinski definition) is 4. The van der Waals surface area contributed by atoms with Crippen LogP contribution in [0.25, 0.3) is 0 Å². The summed E-state index contributed by atoms with van der Waals surface area (Å²) in [7, 11) is 0. The highest BCUT2D eigenvalue weighted by Crippen LogP contribution is 2.35. The van der Waals surface area contributed by atoms with Crippen molar-refractivity contribution in [1.29, 1.82) is 0 Å². The predicted octanol–water partition coefficient (Wildman–Crippen LogP) is 3.29. The molecule has 238 valence electrons. The minimum atomic E-state index is -1.04. The maximum absolute atomic E-state index is 13.7. The molecule has 5 atom stereocenters. The van der Waals surface area contributed by atoms with Crippen molar-refractivity contribution in [3.8, 4) is 0 Å². The van der Waals surface area contributed by atoms with Crippen LogP contribution in [-0.4, -0.2) is 71.6 Å². The number of nitrogens with one attached hydrogen (secondary N) is 3. The molecule has 1 heterocycles. The Hall–Kier alpha value is -3.27. The molecule has 4 amide bonds. The molecule has 0 aromatic heterocycles. The molecule has 1 unspecified atom stereocenters. The van der Waals surface area contributed by atoms with E-state index < -0.39 is 35.8 Å². The zero-order valence-electron chi connectivity index (χ0n) is 26.8. The molecular formula is C33H51N5O5. The van der Waals surface area contributed by atoms with E-state index in [2.05, 4.69) is 34.7 Å². The van der Waals surface area contributed by atoms with Crippen LogP contribution in [0, 0.1) is 29.1 Å². The number of nitrogens with zero attached hydrogens (tertiary/aromatic N) is 1. The fraction of sp³-hybridized carbons (Fsp3) is 0.667. The number of carbonyl (C=O) groups excluding carboxylic acids is 5. The minimum absolute atomic E-state index is 0.128.